The van der Waals surface area contributed by atoms with Gasteiger partial charge < -0.3 is 10.1 Å². The van der Waals surface area contributed by atoms with Crippen molar-refractivity contribution in [1.82, 2.24) is 10.2 Å². The van der Waals surface area contributed by atoms with E-state index in [1.807, 2.05) is 45.0 Å². The Balaban J connectivity index is 1.94. The first kappa shape index (κ1) is 17.8. The number of carbonyl (C=O) groups excluding carboxylic acids is 2. The van der Waals surface area contributed by atoms with Gasteiger partial charge in [0.2, 0.25) is 5.91 Å². The molecule has 1 saturated heterocycles. The summed E-state index contributed by atoms with van der Waals surface area (Å²) in [7, 11) is 0. The summed E-state index contributed by atoms with van der Waals surface area (Å²) in [5.74, 6) is -0.131. The van der Waals surface area contributed by atoms with Crippen molar-refractivity contribution in [3.63, 3.8) is 0 Å². The molecule has 2 amide bonds. The minimum absolute atomic E-state index is 0.131. The largest absolute Gasteiger partial charge is 0.444 e. The number of benzene rings is 1. The Morgan fingerprint density at radius 3 is 2.78 bits per heavy atom. The van der Waals surface area contributed by atoms with Crippen molar-refractivity contribution >= 4 is 27.9 Å². The molecule has 0 radical (unpaired) electrons. The summed E-state index contributed by atoms with van der Waals surface area (Å²) < 4.78 is 6.35. The average molecular weight is 383 g/mol. The van der Waals surface area contributed by atoms with Crippen LogP contribution in [0, 0.1) is 0 Å². The molecule has 2 rings (SSSR count). The molecule has 5 nitrogen and oxygen atoms in total. The number of rotatable bonds is 3. The summed E-state index contributed by atoms with van der Waals surface area (Å²) in [6.07, 6.45) is 1.07. The molecule has 0 spiro atoms. The fourth-order valence-corrected chi connectivity index (χ4v) is 2.98. The first-order chi connectivity index (χ1) is 10.8. The van der Waals surface area contributed by atoms with Gasteiger partial charge in [-0.2, -0.15) is 0 Å². The average Bonchev–Trinajstić information content (AvgIpc) is 2.92. The number of nitrogens with zero attached hydrogens (tertiary/aromatic N) is 1. The van der Waals surface area contributed by atoms with Crippen LogP contribution in [0.5, 0.6) is 0 Å². The summed E-state index contributed by atoms with van der Waals surface area (Å²) in [6.45, 7) is 6.47. The standard InChI is InChI=1S/C17H23BrN2O3/c1-17(2,3)23-16(22)20-9-5-8-14(20)15(21)19-11-12-6-4-7-13(18)10-12/h4,6-7,10,14H,5,8-9,11H2,1-3H3,(H,19,21)/t14-/m0/s1. The number of hydrogen-bond acceptors (Lipinski definition) is 3. The Morgan fingerprint density at radius 2 is 2.13 bits per heavy atom. The van der Waals surface area contributed by atoms with Gasteiger partial charge in [0.15, 0.2) is 0 Å². The number of likely N-dealkylation sites (tertiary alicyclic amines) is 1. The first-order valence-electron chi connectivity index (χ1n) is 7.78. The lowest BCUT2D eigenvalue weighted by Gasteiger charge is -2.28. The maximum atomic E-state index is 12.4. The molecular weight excluding hydrogens is 360 g/mol. The summed E-state index contributed by atoms with van der Waals surface area (Å²) in [5.41, 5.74) is 0.450. The molecule has 126 valence electrons. The van der Waals surface area contributed by atoms with Crippen LogP contribution < -0.4 is 5.32 Å². The molecular formula is C17H23BrN2O3. The topological polar surface area (TPSA) is 58.6 Å². The molecule has 0 saturated carbocycles. The number of carbonyl (C=O) groups is 2. The summed E-state index contributed by atoms with van der Waals surface area (Å²) in [4.78, 5) is 26.2. The van der Waals surface area contributed by atoms with Crippen LogP contribution in [0.25, 0.3) is 0 Å². The summed E-state index contributed by atoms with van der Waals surface area (Å²) in [5, 5.41) is 2.91. The van der Waals surface area contributed by atoms with Crippen molar-refractivity contribution in [2.75, 3.05) is 6.54 Å². The Hall–Kier alpha value is -1.56. The lowest BCUT2D eigenvalue weighted by atomic mass is 10.2. The van der Waals surface area contributed by atoms with E-state index in [0.717, 1.165) is 16.5 Å². The fraction of sp³-hybridized carbons (Fsp3) is 0.529. The minimum atomic E-state index is -0.559. The maximum Gasteiger partial charge on any atom is 0.410 e. The van der Waals surface area contributed by atoms with Gasteiger partial charge in [0.1, 0.15) is 11.6 Å². The molecule has 1 N–H and O–H groups in total. The van der Waals surface area contributed by atoms with Gasteiger partial charge in [-0.05, 0) is 51.3 Å². The zero-order valence-corrected chi connectivity index (χ0v) is 15.4. The van der Waals surface area contributed by atoms with E-state index in [-0.39, 0.29) is 5.91 Å². The molecule has 1 aromatic rings. The van der Waals surface area contributed by atoms with Gasteiger partial charge in [0.25, 0.3) is 0 Å². The third-order valence-corrected chi connectivity index (χ3v) is 4.03. The molecule has 23 heavy (non-hydrogen) atoms. The maximum absolute atomic E-state index is 12.4. The van der Waals surface area contributed by atoms with Gasteiger partial charge in [0.05, 0.1) is 0 Å². The normalized spacial score (nSPS) is 17.9. The molecule has 1 aliphatic rings. The number of nitrogens with one attached hydrogen (secondary N) is 1. The second-order valence-corrected chi connectivity index (χ2v) is 7.60. The number of hydrogen-bond donors (Lipinski definition) is 1. The van der Waals surface area contributed by atoms with E-state index >= 15 is 0 Å². The smallest absolute Gasteiger partial charge is 0.410 e. The highest BCUT2D eigenvalue weighted by Crippen LogP contribution is 2.21. The van der Waals surface area contributed by atoms with Crippen LogP contribution in [0.4, 0.5) is 4.79 Å². The number of amides is 2. The highest BCUT2D eigenvalue weighted by Gasteiger charge is 2.36. The van der Waals surface area contributed by atoms with E-state index in [9.17, 15) is 9.59 Å². The van der Waals surface area contributed by atoms with Crippen molar-refractivity contribution in [1.29, 1.82) is 0 Å². The van der Waals surface area contributed by atoms with Crippen LogP contribution in [-0.4, -0.2) is 35.1 Å². The van der Waals surface area contributed by atoms with Gasteiger partial charge in [0, 0.05) is 17.6 Å². The molecule has 0 aromatic heterocycles. The van der Waals surface area contributed by atoms with Gasteiger partial charge >= 0.3 is 6.09 Å². The Bertz CT molecular complexity index is 583. The van der Waals surface area contributed by atoms with Crippen LogP contribution >= 0.6 is 15.9 Å². The zero-order chi connectivity index (χ0) is 17.0. The molecule has 0 bridgehead atoms. The zero-order valence-electron chi connectivity index (χ0n) is 13.8. The third kappa shape index (κ3) is 5.23. The van der Waals surface area contributed by atoms with E-state index in [2.05, 4.69) is 21.2 Å². The quantitative estimate of drug-likeness (QED) is 0.870. The Kier molecular flexibility index (Phi) is 5.68. The fourth-order valence-electron chi connectivity index (χ4n) is 2.53. The predicted molar refractivity (Wildman–Crippen MR) is 92.0 cm³/mol. The van der Waals surface area contributed by atoms with Crippen LogP contribution in [0.2, 0.25) is 0 Å². The third-order valence-electron chi connectivity index (χ3n) is 3.54. The van der Waals surface area contributed by atoms with Crippen molar-refractivity contribution in [3.05, 3.63) is 34.3 Å². The Morgan fingerprint density at radius 1 is 1.39 bits per heavy atom. The van der Waals surface area contributed by atoms with Crippen molar-refractivity contribution in [3.8, 4) is 0 Å². The predicted octanol–water partition coefficient (Wildman–Crippen LogP) is 3.46. The van der Waals surface area contributed by atoms with Crippen LogP contribution in [0.3, 0.4) is 0 Å². The monoisotopic (exact) mass is 382 g/mol. The minimum Gasteiger partial charge on any atom is -0.444 e. The van der Waals surface area contributed by atoms with Gasteiger partial charge in [-0.1, -0.05) is 28.1 Å². The second kappa shape index (κ2) is 7.34. The van der Waals surface area contributed by atoms with Gasteiger partial charge in [-0.15, -0.1) is 0 Å². The van der Waals surface area contributed by atoms with Crippen LogP contribution in [0.1, 0.15) is 39.2 Å². The molecule has 1 atom stereocenters. The van der Waals surface area contributed by atoms with E-state index in [1.165, 1.54) is 4.90 Å². The molecule has 1 heterocycles. The van der Waals surface area contributed by atoms with Crippen molar-refractivity contribution < 1.29 is 14.3 Å². The highest BCUT2D eigenvalue weighted by molar-refractivity contribution is 9.10. The van der Waals surface area contributed by atoms with Crippen LogP contribution in [-0.2, 0) is 16.1 Å². The number of ether oxygens (including phenoxy) is 1. The molecule has 0 unspecified atom stereocenters. The van der Waals surface area contributed by atoms with Crippen molar-refractivity contribution in [2.45, 2.75) is 51.8 Å². The molecule has 1 aliphatic heterocycles. The van der Waals surface area contributed by atoms with Gasteiger partial charge in [-0.3, -0.25) is 9.69 Å². The molecule has 1 aromatic carbocycles. The first-order valence-corrected chi connectivity index (χ1v) is 8.57. The van der Waals surface area contributed by atoms with E-state index in [0.29, 0.717) is 19.5 Å². The molecule has 0 aliphatic carbocycles. The SMILES string of the molecule is CC(C)(C)OC(=O)N1CCC[C@H]1C(=O)NCc1cccc(Br)c1. The highest BCUT2D eigenvalue weighted by atomic mass is 79.9. The van der Waals surface area contributed by atoms with Crippen molar-refractivity contribution in [2.24, 2.45) is 0 Å². The Labute approximate surface area is 145 Å². The summed E-state index contributed by atoms with van der Waals surface area (Å²) >= 11 is 3.41. The van der Waals surface area contributed by atoms with Crippen LogP contribution in [0.15, 0.2) is 28.7 Å². The molecule has 1 fully saturated rings. The van der Waals surface area contributed by atoms with E-state index < -0.39 is 17.7 Å². The molecule has 6 heteroatoms. The lowest BCUT2D eigenvalue weighted by Crippen LogP contribution is -2.47. The van der Waals surface area contributed by atoms with Gasteiger partial charge in [-0.25, -0.2) is 4.79 Å². The van der Waals surface area contributed by atoms with E-state index in [1.54, 1.807) is 0 Å². The second-order valence-electron chi connectivity index (χ2n) is 6.68. The summed E-state index contributed by atoms with van der Waals surface area (Å²) in [6, 6.07) is 7.32. The lowest BCUT2D eigenvalue weighted by molar-refractivity contribution is -0.125. The van der Waals surface area contributed by atoms with E-state index in [4.69, 9.17) is 4.74 Å². The number of halogens is 1.